The van der Waals surface area contributed by atoms with Gasteiger partial charge in [0.25, 0.3) is 11.7 Å². The first-order valence-electron chi connectivity index (χ1n) is 12.7. The van der Waals surface area contributed by atoms with Crippen LogP contribution in [0.1, 0.15) is 34.7 Å². The lowest BCUT2D eigenvalue weighted by Crippen LogP contribution is -2.31. The van der Waals surface area contributed by atoms with Crippen LogP contribution in [-0.4, -0.2) is 42.9 Å². The number of ether oxygens (including phenoxy) is 1. The first-order chi connectivity index (χ1) is 18.9. The molecule has 1 aromatic heterocycles. The molecule has 0 bridgehead atoms. The van der Waals surface area contributed by atoms with Gasteiger partial charge in [-0.1, -0.05) is 42.0 Å². The molecule has 1 atom stereocenters. The maximum atomic E-state index is 13.2. The fraction of sp³-hybridized carbons (Fsp3) is 0.194. The number of aromatic hydroxyl groups is 1. The van der Waals surface area contributed by atoms with Crippen LogP contribution in [-0.2, 0) is 22.7 Å². The van der Waals surface area contributed by atoms with Crippen LogP contribution in [0.25, 0.3) is 5.76 Å². The highest BCUT2D eigenvalue weighted by Gasteiger charge is 2.45. The number of imidazole rings is 1. The first kappa shape index (κ1) is 25.8. The number of hydrogen-bond acceptors (Lipinski definition) is 6. The van der Waals surface area contributed by atoms with Crippen molar-refractivity contribution in [2.24, 2.45) is 0 Å². The lowest BCUT2D eigenvalue weighted by molar-refractivity contribution is -0.139. The Kier molecular flexibility index (Phi) is 7.45. The van der Waals surface area contributed by atoms with Gasteiger partial charge in [0.15, 0.2) is 0 Å². The fourth-order valence-electron chi connectivity index (χ4n) is 4.83. The van der Waals surface area contributed by atoms with Crippen LogP contribution in [0.5, 0.6) is 11.5 Å². The van der Waals surface area contributed by atoms with E-state index in [2.05, 4.69) is 11.1 Å². The lowest BCUT2D eigenvalue weighted by Gasteiger charge is -2.25. The molecular weight excluding hydrogens is 494 g/mol. The zero-order valence-corrected chi connectivity index (χ0v) is 21.5. The Morgan fingerprint density at radius 1 is 1.00 bits per heavy atom. The third-order valence-electron chi connectivity index (χ3n) is 6.72. The number of ketones is 1. The normalized spacial score (nSPS) is 16.5. The quantitative estimate of drug-likeness (QED) is 0.182. The third-order valence-corrected chi connectivity index (χ3v) is 6.72. The molecule has 0 saturated carbocycles. The second kappa shape index (κ2) is 11.3. The molecule has 1 aliphatic rings. The number of Topliss-reactive ketones (excluding diaryl/α,β-unsaturated/α-hetero) is 1. The summed E-state index contributed by atoms with van der Waals surface area (Å²) in [5.74, 6) is -1.11. The molecule has 198 valence electrons. The minimum absolute atomic E-state index is 0.00612. The molecule has 39 heavy (non-hydrogen) atoms. The summed E-state index contributed by atoms with van der Waals surface area (Å²) in [5.41, 5.74) is 3.11. The summed E-state index contributed by atoms with van der Waals surface area (Å²) in [6.07, 6.45) is 5.77. The molecule has 0 aliphatic carbocycles. The Bertz CT molecular complexity index is 1510. The predicted molar refractivity (Wildman–Crippen MR) is 146 cm³/mol. The highest BCUT2D eigenvalue weighted by atomic mass is 16.5. The van der Waals surface area contributed by atoms with E-state index in [9.17, 15) is 19.8 Å². The molecule has 1 fully saturated rings. The molecule has 1 aliphatic heterocycles. The molecule has 0 unspecified atom stereocenters. The lowest BCUT2D eigenvalue weighted by atomic mass is 9.95. The molecule has 0 radical (unpaired) electrons. The number of nitrogens with zero attached hydrogens (tertiary/aromatic N) is 3. The van der Waals surface area contributed by atoms with E-state index in [1.165, 1.54) is 17.0 Å². The van der Waals surface area contributed by atoms with E-state index in [0.717, 1.165) is 11.1 Å². The van der Waals surface area contributed by atoms with E-state index in [4.69, 9.17) is 4.74 Å². The van der Waals surface area contributed by atoms with E-state index in [1.807, 2.05) is 35.9 Å². The summed E-state index contributed by atoms with van der Waals surface area (Å²) in [6, 6.07) is 20.4. The van der Waals surface area contributed by atoms with Gasteiger partial charge < -0.3 is 24.4 Å². The standard InChI is InChI=1S/C31H29N3O5/c1-21-5-2-6-22(17-21)19-39-26-11-9-23(10-12-26)29(36)27-28(24-7-3-8-25(35)18-24)34(31(38)30(27)37)15-4-14-33-16-13-32-20-33/h2-3,5-13,16-18,20,28,35-36H,4,14-15,19H2,1H3/b29-27+/t28-/m0/s1. The summed E-state index contributed by atoms with van der Waals surface area (Å²) < 4.78 is 7.77. The number of aryl methyl sites for hydroxylation is 2. The Morgan fingerprint density at radius 3 is 2.51 bits per heavy atom. The first-order valence-corrected chi connectivity index (χ1v) is 12.7. The van der Waals surface area contributed by atoms with Gasteiger partial charge in [0, 0.05) is 31.0 Å². The second-order valence-corrected chi connectivity index (χ2v) is 9.54. The Hall–Kier alpha value is -4.85. The number of phenolic OH excluding ortho intramolecular Hbond substituents is 1. The maximum Gasteiger partial charge on any atom is 0.295 e. The molecule has 2 N–H and O–H groups in total. The van der Waals surface area contributed by atoms with E-state index in [-0.39, 0.29) is 23.6 Å². The van der Waals surface area contributed by atoms with Crippen molar-refractivity contribution < 1.29 is 24.5 Å². The highest BCUT2D eigenvalue weighted by molar-refractivity contribution is 6.46. The van der Waals surface area contributed by atoms with Crippen molar-refractivity contribution in [3.8, 4) is 11.5 Å². The number of carbonyl (C=O) groups is 2. The molecular formula is C31H29N3O5. The highest BCUT2D eigenvalue weighted by Crippen LogP contribution is 2.40. The number of benzene rings is 3. The second-order valence-electron chi connectivity index (χ2n) is 9.54. The van der Waals surface area contributed by atoms with Gasteiger partial charge in [-0.3, -0.25) is 9.59 Å². The van der Waals surface area contributed by atoms with Crippen molar-refractivity contribution in [1.29, 1.82) is 0 Å². The molecule has 3 aromatic carbocycles. The van der Waals surface area contributed by atoms with Gasteiger partial charge in [0.1, 0.15) is 23.9 Å². The van der Waals surface area contributed by atoms with Crippen molar-refractivity contribution in [2.75, 3.05) is 6.54 Å². The van der Waals surface area contributed by atoms with E-state index < -0.39 is 17.7 Å². The van der Waals surface area contributed by atoms with Gasteiger partial charge >= 0.3 is 0 Å². The van der Waals surface area contributed by atoms with Crippen LogP contribution in [0, 0.1) is 6.92 Å². The molecule has 5 rings (SSSR count). The van der Waals surface area contributed by atoms with Gasteiger partial charge in [-0.05, 0) is 60.9 Å². The van der Waals surface area contributed by atoms with Gasteiger partial charge in [0.05, 0.1) is 17.9 Å². The predicted octanol–water partition coefficient (Wildman–Crippen LogP) is 4.99. The number of rotatable bonds is 9. The number of aliphatic hydroxyl groups is 1. The number of amides is 1. The van der Waals surface area contributed by atoms with E-state index in [1.54, 1.807) is 48.9 Å². The largest absolute Gasteiger partial charge is 0.508 e. The van der Waals surface area contributed by atoms with E-state index >= 15 is 0 Å². The summed E-state index contributed by atoms with van der Waals surface area (Å²) in [4.78, 5) is 31.9. The van der Waals surface area contributed by atoms with Crippen LogP contribution in [0.3, 0.4) is 0 Å². The molecule has 0 spiro atoms. The van der Waals surface area contributed by atoms with Gasteiger partial charge in [0.2, 0.25) is 0 Å². The summed E-state index contributed by atoms with van der Waals surface area (Å²) in [5, 5.41) is 21.4. The van der Waals surface area contributed by atoms with Gasteiger partial charge in [-0.25, -0.2) is 4.98 Å². The number of likely N-dealkylation sites (tertiary alicyclic amines) is 1. The smallest absolute Gasteiger partial charge is 0.295 e. The van der Waals surface area contributed by atoms with E-state index in [0.29, 0.717) is 36.4 Å². The Balaban J connectivity index is 1.41. The monoisotopic (exact) mass is 523 g/mol. The molecule has 1 amide bonds. The molecule has 1 saturated heterocycles. The van der Waals surface area contributed by atoms with Crippen molar-refractivity contribution in [2.45, 2.75) is 32.5 Å². The Labute approximate surface area is 226 Å². The average Bonchev–Trinajstić information content (AvgIpc) is 3.54. The van der Waals surface area contributed by atoms with Crippen LogP contribution >= 0.6 is 0 Å². The maximum absolute atomic E-state index is 13.2. The van der Waals surface area contributed by atoms with Crippen LogP contribution < -0.4 is 4.74 Å². The molecule has 8 heteroatoms. The molecule has 4 aromatic rings. The minimum atomic E-state index is -0.836. The minimum Gasteiger partial charge on any atom is -0.508 e. The van der Waals surface area contributed by atoms with Crippen molar-refractivity contribution in [1.82, 2.24) is 14.5 Å². The van der Waals surface area contributed by atoms with Crippen molar-refractivity contribution in [3.63, 3.8) is 0 Å². The van der Waals surface area contributed by atoms with Crippen molar-refractivity contribution >= 4 is 17.4 Å². The molecule has 2 heterocycles. The van der Waals surface area contributed by atoms with Crippen LogP contribution in [0.15, 0.2) is 97.1 Å². The number of phenols is 1. The number of aliphatic hydroxyl groups excluding tert-OH is 1. The zero-order chi connectivity index (χ0) is 27.4. The Morgan fingerprint density at radius 2 is 1.79 bits per heavy atom. The molecule has 8 nitrogen and oxygen atoms in total. The van der Waals surface area contributed by atoms with Gasteiger partial charge in [-0.2, -0.15) is 0 Å². The van der Waals surface area contributed by atoms with Gasteiger partial charge in [-0.15, -0.1) is 0 Å². The summed E-state index contributed by atoms with van der Waals surface area (Å²) in [7, 11) is 0. The SMILES string of the molecule is Cc1cccc(COc2ccc(/C(O)=C3\C(=O)C(=O)N(CCCn4ccnc4)[C@H]3c3cccc(O)c3)cc2)c1. The average molecular weight is 524 g/mol. The third kappa shape index (κ3) is 5.70. The topological polar surface area (TPSA) is 105 Å². The van der Waals surface area contributed by atoms with Crippen molar-refractivity contribution in [3.05, 3.63) is 119 Å². The van der Waals surface area contributed by atoms with Crippen LogP contribution in [0.2, 0.25) is 0 Å². The summed E-state index contributed by atoms with van der Waals surface area (Å²) in [6.45, 7) is 3.31. The number of aromatic nitrogens is 2. The number of carbonyl (C=O) groups excluding carboxylic acids is 2. The number of hydrogen-bond donors (Lipinski definition) is 2. The zero-order valence-electron chi connectivity index (χ0n) is 21.5. The fourth-order valence-corrected chi connectivity index (χ4v) is 4.83. The van der Waals surface area contributed by atoms with Crippen LogP contribution in [0.4, 0.5) is 0 Å². The summed E-state index contributed by atoms with van der Waals surface area (Å²) >= 11 is 0.